The minimum absolute atomic E-state index is 0.332. The third kappa shape index (κ3) is 3.30. The lowest BCUT2D eigenvalue weighted by molar-refractivity contribution is -0.0109. The molecule has 0 spiro atoms. The normalized spacial score (nSPS) is 23.6. The largest absolute Gasteiger partial charge is 0.389 e. The molecule has 3 heteroatoms. The zero-order valence-corrected chi connectivity index (χ0v) is 11.4. The van der Waals surface area contributed by atoms with E-state index in [0.717, 1.165) is 38.0 Å². The van der Waals surface area contributed by atoms with Gasteiger partial charge in [0.15, 0.2) is 0 Å². The molecule has 1 saturated heterocycles. The summed E-state index contributed by atoms with van der Waals surface area (Å²) in [5.74, 6) is 0.332. The quantitative estimate of drug-likeness (QED) is 0.856. The molecule has 2 atom stereocenters. The molecule has 2 unspecified atom stereocenters. The van der Waals surface area contributed by atoms with Gasteiger partial charge in [-0.25, -0.2) is 0 Å². The Hall–Kier alpha value is -0.930. The Labute approximate surface area is 110 Å². The van der Waals surface area contributed by atoms with Crippen molar-refractivity contribution in [3.05, 3.63) is 29.6 Å². The maximum Gasteiger partial charge on any atom is 0.0715 e. The van der Waals surface area contributed by atoms with Crippen molar-refractivity contribution >= 4 is 0 Å². The minimum Gasteiger partial charge on any atom is -0.389 e. The molecule has 0 bridgehead atoms. The fourth-order valence-corrected chi connectivity index (χ4v) is 2.66. The van der Waals surface area contributed by atoms with Gasteiger partial charge < -0.3 is 10.4 Å². The number of pyridine rings is 1. The Kier molecular flexibility index (Phi) is 4.36. The summed E-state index contributed by atoms with van der Waals surface area (Å²) in [5, 5.41) is 14.0. The zero-order valence-electron chi connectivity index (χ0n) is 11.4. The highest BCUT2D eigenvalue weighted by Gasteiger charge is 2.33. The molecule has 1 aromatic rings. The molecule has 100 valence electrons. The van der Waals surface area contributed by atoms with Crippen molar-refractivity contribution in [2.75, 3.05) is 13.1 Å². The predicted molar refractivity (Wildman–Crippen MR) is 73.5 cm³/mol. The Morgan fingerprint density at radius 2 is 2.33 bits per heavy atom. The van der Waals surface area contributed by atoms with Crippen molar-refractivity contribution in [2.45, 2.75) is 45.1 Å². The van der Waals surface area contributed by atoms with E-state index in [4.69, 9.17) is 0 Å². The molecule has 2 N–H and O–H groups in total. The van der Waals surface area contributed by atoms with Crippen molar-refractivity contribution in [3.8, 4) is 0 Å². The van der Waals surface area contributed by atoms with E-state index in [0.29, 0.717) is 12.3 Å². The number of aromatic nitrogens is 1. The van der Waals surface area contributed by atoms with Crippen LogP contribution in [0.5, 0.6) is 0 Å². The van der Waals surface area contributed by atoms with Gasteiger partial charge in [-0.1, -0.05) is 13.0 Å². The molecule has 1 aliphatic heterocycles. The summed E-state index contributed by atoms with van der Waals surface area (Å²) < 4.78 is 0. The Bertz CT molecular complexity index is 367. The Balaban J connectivity index is 2.01. The molecule has 1 aromatic heterocycles. The Morgan fingerprint density at radius 3 is 2.89 bits per heavy atom. The molecule has 2 rings (SSSR count). The van der Waals surface area contributed by atoms with E-state index in [1.165, 1.54) is 5.56 Å². The third-order valence-electron chi connectivity index (χ3n) is 4.01. The standard InChI is InChI=1S/C15H24N2O/c1-3-12-6-7-14(17-10-12)9-15(2,18)13-5-4-8-16-11-13/h6-7,10,13,16,18H,3-5,8-9,11H2,1-2H3. The first-order valence-electron chi connectivity index (χ1n) is 6.98. The van der Waals surface area contributed by atoms with E-state index in [9.17, 15) is 5.11 Å². The van der Waals surface area contributed by atoms with Crippen LogP contribution in [0.2, 0.25) is 0 Å². The van der Waals surface area contributed by atoms with E-state index in [-0.39, 0.29) is 0 Å². The number of hydrogen-bond donors (Lipinski definition) is 2. The number of piperidine rings is 1. The van der Waals surface area contributed by atoms with Crippen LogP contribution in [0.1, 0.15) is 37.9 Å². The fraction of sp³-hybridized carbons (Fsp3) is 0.667. The number of nitrogens with one attached hydrogen (secondary N) is 1. The lowest BCUT2D eigenvalue weighted by Gasteiger charge is -2.35. The topological polar surface area (TPSA) is 45.1 Å². The molecule has 2 heterocycles. The lowest BCUT2D eigenvalue weighted by atomic mass is 9.80. The highest BCUT2D eigenvalue weighted by molar-refractivity contribution is 5.15. The van der Waals surface area contributed by atoms with Gasteiger partial charge in [0.25, 0.3) is 0 Å². The molecule has 0 amide bonds. The van der Waals surface area contributed by atoms with Gasteiger partial charge in [-0.15, -0.1) is 0 Å². The third-order valence-corrected chi connectivity index (χ3v) is 4.01. The molecule has 3 nitrogen and oxygen atoms in total. The second-order valence-corrected chi connectivity index (χ2v) is 5.59. The van der Waals surface area contributed by atoms with Crippen LogP contribution in [0.3, 0.4) is 0 Å². The molecule has 18 heavy (non-hydrogen) atoms. The van der Waals surface area contributed by atoms with Gasteiger partial charge in [-0.05, 0) is 44.4 Å². The summed E-state index contributed by atoms with van der Waals surface area (Å²) in [6.45, 7) is 6.07. The molecule has 1 fully saturated rings. The number of rotatable bonds is 4. The molecule has 0 aromatic carbocycles. The van der Waals surface area contributed by atoms with E-state index in [1.54, 1.807) is 0 Å². The van der Waals surface area contributed by atoms with Gasteiger partial charge in [-0.3, -0.25) is 4.98 Å². The van der Waals surface area contributed by atoms with Gasteiger partial charge in [-0.2, -0.15) is 0 Å². The second-order valence-electron chi connectivity index (χ2n) is 5.59. The van der Waals surface area contributed by atoms with Crippen LogP contribution in [0.15, 0.2) is 18.3 Å². The van der Waals surface area contributed by atoms with Crippen molar-refractivity contribution < 1.29 is 5.11 Å². The lowest BCUT2D eigenvalue weighted by Crippen LogP contribution is -2.45. The zero-order chi connectivity index (χ0) is 13.0. The van der Waals surface area contributed by atoms with Crippen molar-refractivity contribution in [1.29, 1.82) is 0 Å². The van der Waals surface area contributed by atoms with Gasteiger partial charge in [0.05, 0.1) is 5.60 Å². The fourth-order valence-electron chi connectivity index (χ4n) is 2.66. The van der Waals surface area contributed by atoms with E-state index < -0.39 is 5.60 Å². The highest BCUT2D eigenvalue weighted by atomic mass is 16.3. The molecule has 0 aliphatic carbocycles. The van der Waals surface area contributed by atoms with Crippen LogP contribution in [0, 0.1) is 5.92 Å². The molecular weight excluding hydrogens is 224 g/mol. The first-order valence-corrected chi connectivity index (χ1v) is 6.98. The van der Waals surface area contributed by atoms with Gasteiger partial charge in [0, 0.05) is 30.8 Å². The maximum atomic E-state index is 10.6. The van der Waals surface area contributed by atoms with Crippen LogP contribution in [0.25, 0.3) is 0 Å². The van der Waals surface area contributed by atoms with Crippen LogP contribution < -0.4 is 5.32 Å². The van der Waals surface area contributed by atoms with Crippen LogP contribution in [-0.4, -0.2) is 28.8 Å². The van der Waals surface area contributed by atoms with E-state index >= 15 is 0 Å². The van der Waals surface area contributed by atoms with Crippen LogP contribution >= 0.6 is 0 Å². The molecule has 1 aliphatic rings. The monoisotopic (exact) mass is 248 g/mol. The first kappa shape index (κ1) is 13.5. The second kappa shape index (κ2) is 5.81. The summed E-state index contributed by atoms with van der Waals surface area (Å²) in [5.41, 5.74) is 1.58. The van der Waals surface area contributed by atoms with E-state index in [1.807, 2.05) is 19.2 Å². The summed E-state index contributed by atoms with van der Waals surface area (Å²) in [6.07, 6.45) is 5.83. The Morgan fingerprint density at radius 1 is 1.50 bits per heavy atom. The maximum absolute atomic E-state index is 10.6. The van der Waals surface area contributed by atoms with Crippen LogP contribution in [0.4, 0.5) is 0 Å². The first-order chi connectivity index (χ1) is 8.62. The number of aliphatic hydroxyl groups is 1. The SMILES string of the molecule is CCc1ccc(CC(C)(O)C2CCCNC2)nc1. The minimum atomic E-state index is -0.659. The van der Waals surface area contributed by atoms with Crippen molar-refractivity contribution in [1.82, 2.24) is 10.3 Å². The average Bonchev–Trinajstić information content (AvgIpc) is 2.40. The predicted octanol–water partition coefficient (Wildman–Crippen LogP) is 1.94. The molecule has 0 radical (unpaired) electrons. The van der Waals surface area contributed by atoms with Crippen molar-refractivity contribution in [2.24, 2.45) is 5.92 Å². The smallest absolute Gasteiger partial charge is 0.0715 e. The molecule has 0 saturated carbocycles. The van der Waals surface area contributed by atoms with Crippen molar-refractivity contribution in [3.63, 3.8) is 0 Å². The van der Waals surface area contributed by atoms with Crippen LogP contribution in [-0.2, 0) is 12.8 Å². The van der Waals surface area contributed by atoms with Gasteiger partial charge in [0.1, 0.15) is 0 Å². The highest BCUT2D eigenvalue weighted by Crippen LogP contribution is 2.27. The summed E-state index contributed by atoms with van der Waals surface area (Å²) in [7, 11) is 0. The van der Waals surface area contributed by atoms with E-state index in [2.05, 4.69) is 23.3 Å². The average molecular weight is 248 g/mol. The summed E-state index contributed by atoms with van der Waals surface area (Å²) in [6, 6.07) is 4.15. The summed E-state index contributed by atoms with van der Waals surface area (Å²) >= 11 is 0. The number of aryl methyl sites for hydroxylation is 1. The van der Waals surface area contributed by atoms with Gasteiger partial charge >= 0.3 is 0 Å². The number of hydrogen-bond acceptors (Lipinski definition) is 3. The molecular formula is C15H24N2O. The summed E-state index contributed by atoms with van der Waals surface area (Å²) in [4.78, 5) is 4.45. The number of nitrogens with zero attached hydrogens (tertiary/aromatic N) is 1. The van der Waals surface area contributed by atoms with Gasteiger partial charge in [0.2, 0.25) is 0 Å².